The van der Waals surface area contributed by atoms with Gasteiger partial charge in [-0.3, -0.25) is 4.99 Å². The summed E-state index contributed by atoms with van der Waals surface area (Å²) >= 11 is 0. The fourth-order valence-corrected chi connectivity index (χ4v) is 2.16. The third kappa shape index (κ3) is 2.14. The number of carbonyl (C=O) groups excluding carboxylic acids is 1. The van der Waals surface area contributed by atoms with Gasteiger partial charge >= 0.3 is 5.97 Å². The fraction of sp³-hybridized carbons (Fsp3) is 0.0588. The summed E-state index contributed by atoms with van der Waals surface area (Å²) in [6.45, 7) is 0. The smallest absolute Gasteiger partial charge is 0.348 e. The molecule has 2 aromatic carbocycles. The predicted octanol–water partition coefficient (Wildman–Crippen LogP) is 3.13. The highest BCUT2D eigenvalue weighted by molar-refractivity contribution is 5.93. The van der Waals surface area contributed by atoms with Crippen LogP contribution in [0, 0.1) is 0 Å². The van der Waals surface area contributed by atoms with Gasteiger partial charge in [0.1, 0.15) is 5.75 Å². The summed E-state index contributed by atoms with van der Waals surface area (Å²) in [6.07, 6.45) is 5.14. The van der Waals surface area contributed by atoms with Crippen LogP contribution in [0.25, 0.3) is 0 Å². The van der Waals surface area contributed by atoms with Gasteiger partial charge in [-0.2, -0.15) is 0 Å². The number of aliphatic imine (C=N–C) groups is 1. The summed E-state index contributed by atoms with van der Waals surface area (Å²) in [6, 6.07) is 18.4. The molecule has 0 saturated heterocycles. The van der Waals surface area contributed by atoms with E-state index in [4.69, 9.17) is 4.74 Å². The number of rotatable bonds is 3. The Morgan fingerprint density at radius 3 is 2.20 bits per heavy atom. The van der Waals surface area contributed by atoms with Crippen molar-refractivity contribution in [1.82, 2.24) is 0 Å². The summed E-state index contributed by atoms with van der Waals surface area (Å²) in [5.41, 5.74) is -0.275. The lowest BCUT2D eigenvalue weighted by Crippen LogP contribution is -2.34. The zero-order valence-electron chi connectivity index (χ0n) is 10.8. The first-order chi connectivity index (χ1) is 9.81. The Morgan fingerprint density at radius 1 is 0.950 bits per heavy atom. The molecule has 0 radical (unpaired) electrons. The first-order valence-electron chi connectivity index (χ1n) is 6.37. The number of nitrogens with zero attached hydrogens (tertiary/aromatic N) is 1. The lowest BCUT2D eigenvalue weighted by atomic mass is 9.91. The maximum atomic E-state index is 12.5. The van der Waals surface area contributed by atoms with Crippen LogP contribution in [0.15, 0.2) is 77.8 Å². The average molecular weight is 263 g/mol. The van der Waals surface area contributed by atoms with Crippen LogP contribution in [0.4, 0.5) is 0 Å². The number of allylic oxidation sites excluding steroid dienone is 1. The SMILES string of the molecule is O=C(Oc1ccccc1)C1(c2ccccc2)C=CC=N1. The molecule has 2 aromatic rings. The average Bonchev–Trinajstić information content (AvgIpc) is 3.00. The molecule has 3 rings (SSSR count). The Kier molecular flexibility index (Phi) is 3.17. The molecule has 1 aliphatic heterocycles. The first-order valence-corrected chi connectivity index (χ1v) is 6.37. The lowest BCUT2D eigenvalue weighted by Gasteiger charge is -2.22. The number of ether oxygens (including phenoxy) is 1. The van der Waals surface area contributed by atoms with Gasteiger partial charge in [0.2, 0.25) is 5.54 Å². The molecule has 0 aromatic heterocycles. The van der Waals surface area contributed by atoms with Crippen molar-refractivity contribution in [2.45, 2.75) is 5.54 Å². The number of esters is 1. The molecule has 0 saturated carbocycles. The van der Waals surface area contributed by atoms with Gasteiger partial charge in [0.15, 0.2) is 0 Å². The molecule has 0 N–H and O–H groups in total. The van der Waals surface area contributed by atoms with Gasteiger partial charge in [-0.1, -0.05) is 48.5 Å². The zero-order chi connectivity index (χ0) is 13.8. The van der Waals surface area contributed by atoms with Gasteiger partial charge in [-0.25, -0.2) is 4.79 Å². The van der Waals surface area contributed by atoms with Crippen molar-refractivity contribution in [3.63, 3.8) is 0 Å². The van der Waals surface area contributed by atoms with Crippen molar-refractivity contribution in [3.8, 4) is 5.75 Å². The topological polar surface area (TPSA) is 38.7 Å². The Morgan fingerprint density at radius 2 is 1.60 bits per heavy atom. The molecule has 20 heavy (non-hydrogen) atoms. The molecule has 0 spiro atoms. The fourth-order valence-electron chi connectivity index (χ4n) is 2.16. The van der Waals surface area contributed by atoms with Gasteiger partial charge in [0.25, 0.3) is 0 Å². The van der Waals surface area contributed by atoms with Gasteiger partial charge in [0, 0.05) is 6.21 Å². The summed E-state index contributed by atoms with van der Waals surface area (Å²) < 4.78 is 5.45. The lowest BCUT2D eigenvalue weighted by molar-refractivity contribution is -0.138. The summed E-state index contributed by atoms with van der Waals surface area (Å²) in [5.74, 6) is 0.114. The third-order valence-corrected chi connectivity index (χ3v) is 3.18. The largest absolute Gasteiger partial charge is 0.424 e. The van der Waals surface area contributed by atoms with Crippen LogP contribution in [0.5, 0.6) is 5.75 Å². The van der Waals surface area contributed by atoms with Crippen molar-refractivity contribution in [2.75, 3.05) is 0 Å². The molecule has 1 atom stereocenters. The molecule has 1 unspecified atom stereocenters. The molecule has 98 valence electrons. The summed E-state index contributed by atoms with van der Waals surface area (Å²) in [4.78, 5) is 16.9. The first kappa shape index (κ1) is 12.4. The minimum absolute atomic E-state index is 0.403. The summed E-state index contributed by atoms with van der Waals surface area (Å²) in [5, 5.41) is 0. The molecular formula is C17H13NO2. The second kappa shape index (κ2) is 5.13. The van der Waals surface area contributed by atoms with Crippen molar-refractivity contribution in [3.05, 3.63) is 78.4 Å². The van der Waals surface area contributed by atoms with E-state index in [0.717, 1.165) is 5.56 Å². The van der Waals surface area contributed by atoms with E-state index in [1.807, 2.05) is 48.5 Å². The Bertz CT molecular complexity index is 648. The second-order valence-electron chi connectivity index (χ2n) is 4.47. The number of carbonyl (C=O) groups is 1. The van der Waals surface area contributed by atoms with E-state index in [9.17, 15) is 4.79 Å². The summed E-state index contributed by atoms with van der Waals surface area (Å²) in [7, 11) is 0. The minimum atomic E-state index is -1.07. The standard InChI is InChI=1S/C17H13NO2/c19-16(20-15-10-5-2-6-11-15)17(12-7-13-18-17)14-8-3-1-4-9-14/h1-13H. The van der Waals surface area contributed by atoms with E-state index in [0.29, 0.717) is 5.75 Å². The third-order valence-electron chi connectivity index (χ3n) is 3.18. The van der Waals surface area contributed by atoms with Crippen LogP contribution in [0.2, 0.25) is 0 Å². The van der Waals surface area contributed by atoms with Crippen LogP contribution in [0.1, 0.15) is 5.56 Å². The molecule has 3 nitrogen and oxygen atoms in total. The maximum Gasteiger partial charge on any atom is 0.348 e. The van der Waals surface area contributed by atoms with Crippen molar-refractivity contribution < 1.29 is 9.53 Å². The van der Waals surface area contributed by atoms with Crippen LogP contribution in [-0.2, 0) is 10.3 Å². The quantitative estimate of drug-likeness (QED) is 0.630. The molecule has 0 bridgehead atoms. The highest BCUT2D eigenvalue weighted by Gasteiger charge is 2.40. The predicted molar refractivity (Wildman–Crippen MR) is 77.8 cm³/mol. The zero-order valence-corrected chi connectivity index (χ0v) is 10.8. The van der Waals surface area contributed by atoms with E-state index in [2.05, 4.69) is 4.99 Å². The highest BCUT2D eigenvalue weighted by atomic mass is 16.5. The Labute approximate surface area is 117 Å². The van der Waals surface area contributed by atoms with Crippen molar-refractivity contribution in [2.24, 2.45) is 4.99 Å². The second-order valence-corrected chi connectivity index (χ2v) is 4.47. The van der Waals surface area contributed by atoms with Crippen LogP contribution in [-0.4, -0.2) is 12.2 Å². The van der Waals surface area contributed by atoms with Crippen LogP contribution >= 0.6 is 0 Å². The van der Waals surface area contributed by atoms with E-state index < -0.39 is 11.5 Å². The van der Waals surface area contributed by atoms with Crippen molar-refractivity contribution >= 4 is 12.2 Å². The molecule has 3 heteroatoms. The monoisotopic (exact) mass is 263 g/mol. The van der Waals surface area contributed by atoms with E-state index in [-0.39, 0.29) is 0 Å². The molecule has 0 amide bonds. The molecular weight excluding hydrogens is 250 g/mol. The molecule has 0 aliphatic carbocycles. The van der Waals surface area contributed by atoms with Crippen LogP contribution in [0.3, 0.4) is 0 Å². The highest BCUT2D eigenvalue weighted by Crippen LogP contribution is 2.32. The van der Waals surface area contributed by atoms with Crippen molar-refractivity contribution in [1.29, 1.82) is 0 Å². The minimum Gasteiger partial charge on any atom is -0.424 e. The van der Waals surface area contributed by atoms with E-state index >= 15 is 0 Å². The maximum absolute atomic E-state index is 12.5. The number of benzene rings is 2. The van der Waals surface area contributed by atoms with Gasteiger partial charge in [-0.15, -0.1) is 0 Å². The Balaban J connectivity index is 1.94. The number of para-hydroxylation sites is 1. The van der Waals surface area contributed by atoms with E-state index in [1.54, 1.807) is 30.5 Å². The molecule has 0 fully saturated rings. The van der Waals surface area contributed by atoms with E-state index in [1.165, 1.54) is 0 Å². The van der Waals surface area contributed by atoms with Gasteiger partial charge in [0.05, 0.1) is 0 Å². The number of hydrogen-bond donors (Lipinski definition) is 0. The van der Waals surface area contributed by atoms with Gasteiger partial charge < -0.3 is 4.74 Å². The normalized spacial score (nSPS) is 20.0. The Hall–Kier alpha value is -2.68. The molecule has 1 heterocycles. The number of hydrogen-bond acceptors (Lipinski definition) is 3. The molecule has 1 aliphatic rings. The van der Waals surface area contributed by atoms with Crippen LogP contribution < -0.4 is 4.74 Å². The van der Waals surface area contributed by atoms with Gasteiger partial charge in [-0.05, 0) is 29.8 Å².